The quantitative estimate of drug-likeness (QED) is 0.320. The maximum atomic E-state index is 13.0. The zero-order valence-electron chi connectivity index (χ0n) is 19.8. The molecule has 5 rings (SSSR count). The van der Waals surface area contributed by atoms with Crippen LogP contribution in [-0.2, 0) is 4.79 Å². The Kier molecular flexibility index (Phi) is 7.66. The number of hydrogen-bond donors (Lipinski definition) is 1. The van der Waals surface area contributed by atoms with E-state index >= 15 is 0 Å². The van der Waals surface area contributed by atoms with Gasteiger partial charge in [-0.05, 0) is 60.7 Å². The van der Waals surface area contributed by atoms with Crippen molar-refractivity contribution < 1.29 is 4.79 Å². The molecule has 178 valence electrons. The molecule has 2 heterocycles. The molecule has 0 aliphatic carbocycles. The maximum Gasteiger partial charge on any atom is 0.221 e. The summed E-state index contributed by atoms with van der Waals surface area (Å²) in [6, 6.07) is 26.8. The van der Waals surface area contributed by atoms with Crippen LogP contribution < -0.4 is 5.32 Å². The van der Waals surface area contributed by atoms with Crippen molar-refractivity contribution in [1.82, 2.24) is 15.2 Å². The Morgan fingerprint density at radius 3 is 2.37 bits per heavy atom. The van der Waals surface area contributed by atoms with Crippen molar-refractivity contribution in [3.8, 4) is 0 Å². The standard InChI is InChI=1S/C30H31N3OS/c34-29(32-30(25-9-3-1-4-10-25)26-11-5-2-6-12-26)21-24-15-18-33(19-16-24)17-7-8-23-13-14-27-28(20-23)35-22-31-27/h1-14,20,22,24,30H,15-19,21H2,(H,32,34)/b8-7+. The van der Waals surface area contributed by atoms with E-state index in [4.69, 9.17) is 0 Å². The molecule has 5 heteroatoms. The molecule has 4 aromatic rings. The molecule has 1 aliphatic heterocycles. The van der Waals surface area contributed by atoms with Crippen LogP contribution in [0.3, 0.4) is 0 Å². The number of rotatable bonds is 8. The lowest BCUT2D eigenvalue weighted by Gasteiger charge is -2.31. The fourth-order valence-corrected chi connectivity index (χ4v) is 5.54. The highest BCUT2D eigenvalue weighted by molar-refractivity contribution is 7.16. The number of likely N-dealkylation sites (tertiary alicyclic amines) is 1. The smallest absolute Gasteiger partial charge is 0.221 e. The van der Waals surface area contributed by atoms with Crippen molar-refractivity contribution >= 4 is 33.5 Å². The second kappa shape index (κ2) is 11.4. The highest BCUT2D eigenvalue weighted by atomic mass is 32.1. The van der Waals surface area contributed by atoms with Gasteiger partial charge in [0.15, 0.2) is 0 Å². The van der Waals surface area contributed by atoms with Gasteiger partial charge in [-0.15, -0.1) is 11.3 Å². The molecule has 1 N–H and O–H groups in total. The van der Waals surface area contributed by atoms with Crippen molar-refractivity contribution in [2.24, 2.45) is 5.92 Å². The topological polar surface area (TPSA) is 45.2 Å². The summed E-state index contributed by atoms with van der Waals surface area (Å²) < 4.78 is 1.23. The third-order valence-corrected chi connectivity index (χ3v) is 7.57. The van der Waals surface area contributed by atoms with Gasteiger partial charge in [0.1, 0.15) is 0 Å². The zero-order chi connectivity index (χ0) is 23.9. The van der Waals surface area contributed by atoms with E-state index in [0.717, 1.165) is 49.1 Å². The number of benzene rings is 3. The van der Waals surface area contributed by atoms with Crippen LogP contribution >= 0.6 is 11.3 Å². The summed E-state index contributed by atoms with van der Waals surface area (Å²) in [5.74, 6) is 0.579. The predicted molar refractivity (Wildman–Crippen MR) is 145 cm³/mol. The van der Waals surface area contributed by atoms with Gasteiger partial charge in [0.25, 0.3) is 0 Å². The fourth-order valence-electron chi connectivity index (χ4n) is 4.82. The number of carbonyl (C=O) groups excluding carboxylic acids is 1. The Labute approximate surface area is 211 Å². The van der Waals surface area contributed by atoms with E-state index in [0.29, 0.717) is 12.3 Å². The fraction of sp³-hybridized carbons (Fsp3) is 0.267. The minimum Gasteiger partial charge on any atom is -0.345 e. The summed E-state index contributed by atoms with van der Waals surface area (Å²) in [4.78, 5) is 19.8. The van der Waals surface area contributed by atoms with Gasteiger partial charge in [-0.3, -0.25) is 9.69 Å². The first-order chi connectivity index (χ1) is 17.2. The third kappa shape index (κ3) is 6.24. The van der Waals surface area contributed by atoms with Crippen LogP contribution in [0.15, 0.2) is 90.4 Å². The molecule has 0 atom stereocenters. The first-order valence-corrected chi connectivity index (χ1v) is 13.2. The third-order valence-electron chi connectivity index (χ3n) is 6.78. The van der Waals surface area contributed by atoms with Gasteiger partial charge >= 0.3 is 0 Å². The largest absolute Gasteiger partial charge is 0.345 e. The van der Waals surface area contributed by atoms with Gasteiger partial charge in [-0.25, -0.2) is 4.98 Å². The monoisotopic (exact) mass is 481 g/mol. The summed E-state index contributed by atoms with van der Waals surface area (Å²) in [5, 5.41) is 3.30. The Morgan fingerprint density at radius 1 is 1.00 bits per heavy atom. The minimum atomic E-state index is -0.112. The van der Waals surface area contributed by atoms with Crippen LogP contribution in [-0.4, -0.2) is 35.4 Å². The number of carbonyl (C=O) groups is 1. The second-order valence-electron chi connectivity index (χ2n) is 9.25. The number of nitrogens with zero attached hydrogens (tertiary/aromatic N) is 2. The summed E-state index contributed by atoms with van der Waals surface area (Å²) in [6.45, 7) is 3.03. The number of hydrogen-bond acceptors (Lipinski definition) is 4. The number of amides is 1. The summed E-state index contributed by atoms with van der Waals surface area (Å²) in [6.07, 6.45) is 7.17. The highest BCUT2D eigenvalue weighted by Crippen LogP contribution is 2.25. The van der Waals surface area contributed by atoms with Crippen molar-refractivity contribution in [3.05, 3.63) is 107 Å². The van der Waals surface area contributed by atoms with Crippen molar-refractivity contribution in [2.45, 2.75) is 25.3 Å². The number of fused-ring (bicyclic) bond motifs is 1. The molecule has 1 aliphatic rings. The van der Waals surface area contributed by atoms with Gasteiger partial charge in [-0.2, -0.15) is 0 Å². The SMILES string of the molecule is O=C(CC1CCN(C/C=C/c2ccc3ncsc3c2)CC1)NC(c1ccccc1)c1ccccc1. The molecule has 3 aromatic carbocycles. The molecular formula is C30H31N3OS. The molecule has 0 bridgehead atoms. The van der Waals surface area contributed by atoms with Gasteiger partial charge in [0.2, 0.25) is 5.91 Å². The molecule has 1 amide bonds. The van der Waals surface area contributed by atoms with Crippen molar-refractivity contribution in [1.29, 1.82) is 0 Å². The van der Waals surface area contributed by atoms with E-state index in [1.807, 2.05) is 41.9 Å². The van der Waals surface area contributed by atoms with Gasteiger partial charge in [0.05, 0.1) is 21.8 Å². The molecule has 1 aromatic heterocycles. The molecule has 0 saturated carbocycles. The summed E-state index contributed by atoms with van der Waals surface area (Å²) >= 11 is 1.68. The van der Waals surface area contributed by atoms with Gasteiger partial charge in [-0.1, -0.05) is 78.9 Å². The van der Waals surface area contributed by atoms with Crippen LogP contribution in [0.4, 0.5) is 0 Å². The van der Waals surface area contributed by atoms with Gasteiger partial charge in [0, 0.05) is 13.0 Å². The average Bonchev–Trinajstić information content (AvgIpc) is 3.37. The first-order valence-electron chi connectivity index (χ1n) is 12.4. The number of nitrogens with one attached hydrogen (secondary N) is 1. The Balaban J connectivity index is 1.11. The summed E-state index contributed by atoms with van der Waals surface area (Å²) in [7, 11) is 0. The van der Waals surface area contributed by atoms with Crippen LogP contribution in [0.1, 0.15) is 42.0 Å². The lowest BCUT2D eigenvalue weighted by molar-refractivity contribution is -0.122. The molecule has 0 spiro atoms. The van der Waals surface area contributed by atoms with E-state index in [1.54, 1.807) is 11.3 Å². The van der Waals surface area contributed by atoms with E-state index in [1.165, 1.54) is 10.3 Å². The second-order valence-corrected chi connectivity index (χ2v) is 10.1. The number of aromatic nitrogens is 1. The molecule has 0 unspecified atom stereocenters. The lowest BCUT2D eigenvalue weighted by Crippen LogP contribution is -2.36. The van der Waals surface area contributed by atoms with Crippen LogP contribution in [0, 0.1) is 5.92 Å². The Hall–Kier alpha value is -3.28. The van der Waals surface area contributed by atoms with Crippen molar-refractivity contribution in [2.75, 3.05) is 19.6 Å². The Morgan fingerprint density at radius 2 is 1.69 bits per heavy atom. The maximum absolute atomic E-state index is 13.0. The molecule has 4 nitrogen and oxygen atoms in total. The average molecular weight is 482 g/mol. The van der Waals surface area contributed by atoms with Crippen LogP contribution in [0.25, 0.3) is 16.3 Å². The van der Waals surface area contributed by atoms with Gasteiger partial charge < -0.3 is 5.32 Å². The molecule has 35 heavy (non-hydrogen) atoms. The van der Waals surface area contributed by atoms with Crippen LogP contribution in [0.5, 0.6) is 0 Å². The molecular weight excluding hydrogens is 450 g/mol. The predicted octanol–water partition coefficient (Wildman–Crippen LogP) is 6.32. The van der Waals surface area contributed by atoms with E-state index < -0.39 is 0 Å². The minimum absolute atomic E-state index is 0.112. The van der Waals surface area contributed by atoms with Crippen molar-refractivity contribution in [3.63, 3.8) is 0 Å². The lowest BCUT2D eigenvalue weighted by atomic mass is 9.92. The highest BCUT2D eigenvalue weighted by Gasteiger charge is 2.23. The number of thiazole rings is 1. The van der Waals surface area contributed by atoms with E-state index in [2.05, 4.69) is 69.8 Å². The molecule has 0 radical (unpaired) electrons. The number of piperidine rings is 1. The molecule has 1 saturated heterocycles. The Bertz CT molecular complexity index is 1220. The summed E-state index contributed by atoms with van der Waals surface area (Å²) in [5.41, 5.74) is 6.41. The van der Waals surface area contributed by atoms with Crippen LogP contribution in [0.2, 0.25) is 0 Å². The first kappa shape index (κ1) is 23.5. The van der Waals surface area contributed by atoms with E-state index in [9.17, 15) is 4.79 Å². The van der Waals surface area contributed by atoms with E-state index in [-0.39, 0.29) is 11.9 Å². The zero-order valence-corrected chi connectivity index (χ0v) is 20.7. The normalized spacial score (nSPS) is 15.2. The molecule has 1 fully saturated rings.